The van der Waals surface area contributed by atoms with Crippen LogP contribution in [-0.4, -0.2) is 12.6 Å². The van der Waals surface area contributed by atoms with Gasteiger partial charge in [0.25, 0.3) is 0 Å². The Hall–Kier alpha value is -0.480. The van der Waals surface area contributed by atoms with Gasteiger partial charge >= 0.3 is 0 Å². The van der Waals surface area contributed by atoms with Crippen LogP contribution in [0.5, 0.6) is 0 Å². The van der Waals surface area contributed by atoms with Crippen molar-refractivity contribution in [1.82, 2.24) is 5.32 Å². The summed E-state index contributed by atoms with van der Waals surface area (Å²) in [4.78, 5) is 0. The third kappa shape index (κ3) is 2.55. The lowest BCUT2D eigenvalue weighted by Crippen LogP contribution is -2.32. The summed E-state index contributed by atoms with van der Waals surface area (Å²) in [6.45, 7) is 3.25. The number of terminal acetylenes is 1. The van der Waals surface area contributed by atoms with Crippen molar-refractivity contribution in [3.8, 4) is 12.3 Å². The smallest absolute Gasteiger partial charge is 0.0201 e. The van der Waals surface area contributed by atoms with Crippen LogP contribution in [-0.2, 0) is 0 Å². The Labute approximate surface area is 69.6 Å². The van der Waals surface area contributed by atoms with Crippen molar-refractivity contribution in [2.75, 3.05) is 6.54 Å². The van der Waals surface area contributed by atoms with Crippen LogP contribution in [0, 0.1) is 18.3 Å². The summed E-state index contributed by atoms with van der Waals surface area (Å²) in [5, 5.41) is 3.46. The second-order valence-electron chi connectivity index (χ2n) is 3.27. The molecule has 1 saturated carbocycles. The lowest BCUT2D eigenvalue weighted by molar-refractivity contribution is 0.339. The van der Waals surface area contributed by atoms with Gasteiger partial charge < -0.3 is 5.32 Å². The Bertz CT molecular complexity index is 137. The molecular formula is C10H17N. The van der Waals surface area contributed by atoms with Crippen LogP contribution >= 0.6 is 0 Å². The average molecular weight is 151 g/mol. The van der Waals surface area contributed by atoms with Gasteiger partial charge in [-0.2, -0.15) is 0 Å². The number of nitrogens with one attached hydrogen (secondary N) is 1. The molecule has 0 spiro atoms. The zero-order chi connectivity index (χ0) is 8.10. The first-order valence-corrected chi connectivity index (χ1v) is 4.56. The van der Waals surface area contributed by atoms with Gasteiger partial charge in [0.05, 0.1) is 0 Å². The van der Waals surface area contributed by atoms with Crippen LogP contribution < -0.4 is 5.32 Å². The highest BCUT2D eigenvalue weighted by atomic mass is 14.9. The van der Waals surface area contributed by atoms with E-state index in [2.05, 4.69) is 18.2 Å². The minimum Gasteiger partial charge on any atom is -0.314 e. The van der Waals surface area contributed by atoms with Gasteiger partial charge in [-0.3, -0.25) is 0 Å². The molecule has 1 fully saturated rings. The maximum atomic E-state index is 5.35. The van der Waals surface area contributed by atoms with Crippen molar-refractivity contribution in [1.29, 1.82) is 0 Å². The van der Waals surface area contributed by atoms with Crippen molar-refractivity contribution in [3.63, 3.8) is 0 Å². The third-order valence-corrected chi connectivity index (χ3v) is 2.46. The van der Waals surface area contributed by atoms with Crippen LogP contribution in [0.4, 0.5) is 0 Å². The second-order valence-corrected chi connectivity index (χ2v) is 3.27. The first-order valence-electron chi connectivity index (χ1n) is 4.56. The van der Waals surface area contributed by atoms with E-state index in [4.69, 9.17) is 6.42 Å². The molecule has 1 nitrogen and oxygen atoms in total. The summed E-state index contributed by atoms with van der Waals surface area (Å²) in [7, 11) is 0. The predicted molar refractivity (Wildman–Crippen MR) is 48.3 cm³/mol. The summed E-state index contributed by atoms with van der Waals surface area (Å²) < 4.78 is 0. The van der Waals surface area contributed by atoms with Crippen LogP contribution in [0.2, 0.25) is 0 Å². The monoisotopic (exact) mass is 151 g/mol. The van der Waals surface area contributed by atoms with Gasteiger partial charge in [-0.15, -0.1) is 12.3 Å². The van der Waals surface area contributed by atoms with Crippen molar-refractivity contribution in [2.45, 2.75) is 38.6 Å². The van der Waals surface area contributed by atoms with Crippen LogP contribution in [0.3, 0.4) is 0 Å². The van der Waals surface area contributed by atoms with E-state index in [0.29, 0.717) is 5.92 Å². The lowest BCUT2D eigenvalue weighted by Gasteiger charge is -2.25. The minimum absolute atomic E-state index is 0.560. The Balaban J connectivity index is 2.20. The Morgan fingerprint density at radius 1 is 1.36 bits per heavy atom. The number of hydrogen-bond acceptors (Lipinski definition) is 1. The Morgan fingerprint density at radius 2 is 2.00 bits per heavy atom. The molecule has 1 rings (SSSR count). The molecule has 1 aliphatic rings. The molecule has 1 aliphatic carbocycles. The topological polar surface area (TPSA) is 12.0 Å². The van der Waals surface area contributed by atoms with Gasteiger partial charge in [0.2, 0.25) is 0 Å². The quantitative estimate of drug-likeness (QED) is 0.593. The molecular weight excluding hydrogens is 134 g/mol. The summed E-state index contributed by atoms with van der Waals surface area (Å²) in [5.74, 6) is 3.40. The van der Waals surface area contributed by atoms with E-state index in [1.54, 1.807) is 0 Å². The van der Waals surface area contributed by atoms with E-state index in [9.17, 15) is 0 Å². The molecule has 1 N–H and O–H groups in total. The van der Waals surface area contributed by atoms with E-state index in [0.717, 1.165) is 12.6 Å². The maximum Gasteiger partial charge on any atom is 0.0201 e. The van der Waals surface area contributed by atoms with Gasteiger partial charge in [-0.25, -0.2) is 0 Å². The molecule has 0 unspecified atom stereocenters. The molecule has 11 heavy (non-hydrogen) atoms. The molecule has 0 bridgehead atoms. The zero-order valence-electron chi connectivity index (χ0n) is 7.27. The van der Waals surface area contributed by atoms with Crippen molar-refractivity contribution < 1.29 is 0 Å². The first-order chi connectivity index (χ1) is 5.36. The molecule has 0 aromatic rings. The van der Waals surface area contributed by atoms with Gasteiger partial charge in [-0.1, -0.05) is 6.92 Å². The average Bonchev–Trinajstić information content (AvgIpc) is 2.07. The SMILES string of the molecule is C#CC1CCC(NCC)CC1. The van der Waals surface area contributed by atoms with E-state index in [1.165, 1.54) is 25.7 Å². The highest BCUT2D eigenvalue weighted by Gasteiger charge is 2.17. The molecule has 0 aliphatic heterocycles. The van der Waals surface area contributed by atoms with E-state index >= 15 is 0 Å². The molecule has 0 aromatic carbocycles. The minimum atomic E-state index is 0.560. The van der Waals surface area contributed by atoms with Crippen molar-refractivity contribution in [2.24, 2.45) is 5.92 Å². The summed E-state index contributed by atoms with van der Waals surface area (Å²) in [6.07, 6.45) is 10.3. The highest BCUT2D eigenvalue weighted by Crippen LogP contribution is 2.23. The van der Waals surface area contributed by atoms with Crippen LogP contribution in [0.15, 0.2) is 0 Å². The largest absolute Gasteiger partial charge is 0.314 e. The van der Waals surface area contributed by atoms with Crippen molar-refractivity contribution >= 4 is 0 Å². The van der Waals surface area contributed by atoms with Gasteiger partial charge in [0.1, 0.15) is 0 Å². The van der Waals surface area contributed by atoms with Gasteiger partial charge in [0.15, 0.2) is 0 Å². The van der Waals surface area contributed by atoms with Crippen LogP contribution in [0.1, 0.15) is 32.6 Å². The highest BCUT2D eigenvalue weighted by molar-refractivity contribution is 4.96. The normalized spacial score (nSPS) is 31.3. The summed E-state index contributed by atoms with van der Waals surface area (Å²) in [6, 6.07) is 0.740. The van der Waals surface area contributed by atoms with E-state index < -0.39 is 0 Å². The van der Waals surface area contributed by atoms with Gasteiger partial charge in [-0.05, 0) is 32.2 Å². The molecule has 0 aromatic heterocycles. The predicted octanol–water partition coefficient (Wildman–Crippen LogP) is 1.79. The molecule has 0 heterocycles. The van der Waals surface area contributed by atoms with E-state index in [-0.39, 0.29) is 0 Å². The fraction of sp³-hybridized carbons (Fsp3) is 0.800. The number of hydrogen-bond donors (Lipinski definition) is 1. The Morgan fingerprint density at radius 3 is 2.45 bits per heavy atom. The third-order valence-electron chi connectivity index (χ3n) is 2.46. The van der Waals surface area contributed by atoms with Crippen LogP contribution in [0.25, 0.3) is 0 Å². The fourth-order valence-corrected chi connectivity index (χ4v) is 1.75. The molecule has 1 heteroatoms. The molecule has 0 radical (unpaired) electrons. The molecule has 62 valence electrons. The standard InChI is InChI=1S/C10H17N/c1-3-9-5-7-10(8-6-9)11-4-2/h1,9-11H,4-8H2,2H3. The maximum absolute atomic E-state index is 5.35. The zero-order valence-corrected chi connectivity index (χ0v) is 7.27. The number of rotatable bonds is 2. The molecule has 0 atom stereocenters. The first kappa shape index (κ1) is 8.62. The summed E-state index contributed by atoms with van der Waals surface area (Å²) >= 11 is 0. The molecule has 0 saturated heterocycles. The Kier molecular flexibility index (Phi) is 3.45. The van der Waals surface area contributed by atoms with E-state index in [1.807, 2.05) is 0 Å². The second kappa shape index (κ2) is 4.41. The lowest BCUT2D eigenvalue weighted by atomic mass is 9.87. The fourth-order valence-electron chi connectivity index (χ4n) is 1.75. The van der Waals surface area contributed by atoms with Crippen molar-refractivity contribution in [3.05, 3.63) is 0 Å². The summed E-state index contributed by atoms with van der Waals surface area (Å²) in [5.41, 5.74) is 0. The molecule has 0 amide bonds. The van der Waals surface area contributed by atoms with Gasteiger partial charge in [0, 0.05) is 12.0 Å².